The summed E-state index contributed by atoms with van der Waals surface area (Å²) in [5.41, 5.74) is 1.58. The highest BCUT2D eigenvalue weighted by atomic mass is 32.2. The molecule has 5 nitrogen and oxygen atoms in total. The van der Waals surface area contributed by atoms with Gasteiger partial charge in [-0.3, -0.25) is 9.10 Å². The molecule has 0 atom stereocenters. The van der Waals surface area contributed by atoms with E-state index in [1.807, 2.05) is 25.1 Å². The van der Waals surface area contributed by atoms with Gasteiger partial charge in [0.2, 0.25) is 15.9 Å². The number of hydrogen-bond acceptors (Lipinski definition) is 3. The van der Waals surface area contributed by atoms with Crippen molar-refractivity contribution in [2.75, 3.05) is 23.7 Å². The third-order valence-electron chi connectivity index (χ3n) is 3.59. The zero-order chi connectivity index (χ0) is 17.5. The van der Waals surface area contributed by atoms with E-state index < -0.39 is 10.0 Å². The molecule has 23 heavy (non-hydrogen) atoms. The maximum atomic E-state index is 12.0. The van der Waals surface area contributed by atoms with Crippen LogP contribution < -0.4 is 9.62 Å². The summed E-state index contributed by atoms with van der Waals surface area (Å²) in [4.78, 5) is 11.8. The lowest BCUT2D eigenvalue weighted by atomic mass is 10.1. The smallest absolute Gasteiger partial charge is 0.232 e. The molecule has 0 aliphatic rings. The molecule has 6 heteroatoms. The first-order valence-corrected chi connectivity index (χ1v) is 9.86. The van der Waals surface area contributed by atoms with Gasteiger partial charge in [0.15, 0.2) is 0 Å². The molecule has 1 aromatic carbocycles. The Morgan fingerprint density at radius 3 is 2.48 bits per heavy atom. The topological polar surface area (TPSA) is 66.5 Å². The van der Waals surface area contributed by atoms with Crippen LogP contribution in [0.4, 0.5) is 5.69 Å². The number of carbonyl (C=O) groups is 1. The molecular formula is C17H28N2O3S. The fourth-order valence-corrected chi connectivity index (χ4v) is 3.30. The Balaban J connectivity index is 2.58. The van der Waals surface area contributed by atoms with Gasteiger partial charge in [0, 0.05) is 19.5 Å². The Kier molecular flexibility index (Phi) is 7.55. The number of nitrogens with zero attached hydrogens (tertiary/aromatic N) is 1. The summed E-state index contributed by atoms with van der Waals surface area (Å²) < 4.78 is 25.4. The molecule has 0 aromatic heterocycles. The Hall–Kier alpha value is -1.56. The molecule has 0 unspecified atom stereocenters. The third-order valence-corrected chi connectivity index (χ3v) is 4.77. The summed E-state index contributed by atoms with van der Waals surface area (Å²) in [6, 6.07) is 7.37. The first-order valence-electron chi connectivity index (χ1n) is 8.02. The Morgan fingerprint density at radius 1 is 1.26 bits per heavy atom. The highest BCUT2D eigenvalue weighted by Gasteiger charge is 2.18. The molecule has 0 aliphatic heterocycles. The number of anilines is 1. The first kappa shape index (κ1) is 19.5. The van der Waals surface area contributed by atoms with E-state index in [0.717, 1.165) is 12.0 Å². The average Bonchev–Trinajstić information content (AvgIpc) is 2.43. The molecule has 0 saturated carbocycles. The van der Waals surface area contributed by atoms with E-state index in [-0.39, 0.29) is 5.91 Å². The van der Waals surface area contributed by atoms with Crippen molar-refractivity contribution < 1.29 is 13.2 Å². The van der Waals surface area contributed by atoms with Gasteiger partial charge in [-0.2, -0.15) is 0 Å². The van der Waals surface area contributed by atoms with E-state index in [1.54, 1.807) is 6.07 Å². The molecule has 0 radical (unpaired) electrons. The van der Waals surface area contributed by atoms with Gasteiger partial charge in [-0.05, 0) is 37.3 Å². The number of nitrogens with one attached hydrogen (secondary N) is 1. The summed E-state index contributed by atoms with van der Waals surface area (Å²) in [5.74, 6) is 0.529. The monoisotopic (exact) mass is 340 g/mol. The second kappa shape index (κ2) is 8.91. The molecular weight excluding hydrogens is 312 g/mol. The predicted octanol–water partition coefficient (Wildman–Crippen LogP) is 2.70. The van der Waals surface area contributed by atoms with Crippen molar-refractivity contribution in [1.82, 2.24) is 5.32 Å². The van der Waals surface area contributed by atoms with Crippen molar-refractivity contribution in [2.45, 2.75) is 40.0 Å². The summed E-state index contributed by atoms with van der Waals surface area (Å²) in [6.07, 6.45) is 2.97. The van der Waals surface area contributed by atoms with Crippen molar-refractivity contribution in [3.8, 4) is 0 Å². The first-order chi connectivity index (χ1) is 10.7. The molecule has 0 aliphatic carbocycles. The van der Waals surface area contributed by atoms with Crippen LogP contribution in [0.1, 0.15) is 38.7 Å². The minimum absolute atomic E-state index is 0.0242. The summed E-state index contributed by atoms with van der Waals surface area (Å²) >= 11 is 0. The van der Waals surface area contributed by atoms with Crippen LogP contribution in [0.5, 0.6) is 0 Å². The van der Waals surface area contributed by atoms with E-state index >= 15 is 0 Å². The quantitative estimate of drug-likeness (QED) is 0.751. The largest absolute Gasteiger partial charge is 0.356 e. The zero-order valence-electron chi connectivity index (χ0n) is 14.5. The summed E-state index contributed by atoms with van der Waals surface area (Å²) in [7, 11) is -3.36. The molecule has 1 N–H and O–H groups in total. The fourth-order valence-electron chi connectivity index (χ4n) is 2.28. The minimum Gasteiger partial charge on any atom is -0.356 e. The van der Waals surface area contributed by atoms with Crippen LogP contribution in [0.3, 0.4) is 0 Å². The Morgan fingerprint density at radius 2 is 1.91 bits per heavy atom. The average molecular weight is 340 g/mol. The van der Waals surface area contributed by atoms with Crippen LogP contribution in [-0.2, 0) is 14.8 Å². The Bertz CT molecular complexity index is 612. The van der Waals surface area contributed by atoms with Gasteiger partial charge < -0.3 is 5.32 Å². The number of benzene rings is 1. The molecule has 0 saturated heterocycles. The molecule has 130 valence electrons. The number of amides is 1. The number of para-hydroxylation sites is 1. The third kappa shape index (κ3) is 7.03. The van der Waals surface area contributed by atoms with Crippen LogP contribution in [0.2, 0.25) is 0 Å². The van der Waals surface area contributed by atoms with Crippen LogP contribution in [0, 0.1) is 12.8 Å². The molecule has 0 spiro atoms. The maximum absolute atomic E-state index is 12.0. The predicted molar refractivity (Wildman–Crippen MR) is 95.1 cm³/mol. The van der Waals surface area contributed by atoms with Gasteiger partial charge in [0.1, 0.15) is 0 Å². The number of hydrogen-bond donors (Lipinski definition) is 1. The Labute approximate surface area is 140 Å². The SMILES string of the molecule is Cc1ccccc1N(CCCC(=O)NCCC(C)C)S(C)(=O)=O. The van der Waals surface area contributed by atoms with Crippen LogP contribution >= 0.6 is 0 Å². The number of carbonyl (C=O) groups excluding carboxylic acids is 1. The van der Waals surface area contributed by atoms with Gasteiger partial charge in [0.05, 0.1) is 11.9 Å². The van der Waals surface area contributed by atoms with Crippen LogP contribution in [-0.4, -0.2) is 33.7 Å². The molecule has 1 rings (SSSR count). The van der Waals surface area contributed by atoms with Crippen molar-refractivity contribution in [3.63, 3.8) is 0 Å². The summed E-state index contributed by atoms with van der Waals surface area (Å²) in [6.45, 7) is 7.08. The lowest BCUT2D eigenvalue weighted by molar-refractivity contribution is -0.121. The van der Waals surface area contributed by atoms with Gasteiger partial charge in [0.25, 0.3) is 0 Å². The number of rotatable bonds is 9. The van der Waals surface area contributed by atoms with E-state index in [0.29, 0.717) is 37.5 Å². The normalized spacial score (nSPS) is 11.5. The van der Waals surface area contributed by atoms with Gasteiger partial charge in [-0.15, -0.1) is 0 Å². The number of sulfonamides is 1. The molecule has 0 bridgehead atoms. The van der Waals surface area contributed by atoms with Crippen molar-refractivity contribution in [1.29, 1.82) is 0 Å². The molecule has 0 fully saturated rings. The van der Waals surface area contributed by atoms with E-state index in [1.165, 1.54) is 10.6 Å². The van der Waals surface area contributed by atoms with E-state index in [9.17, 15) is 13.2 Å². The minimum atomic E-state index is -3.36. The second-order valence-corrected chi connectivity index (χ2v) is 8.16. The molecule has 1 aromatic rings. The van der Waals surface area contributed by atoms with Gasteiger partial charge in [-0.25, -0.2) is 8.42 Å². The van der Waals surface area contributed by atoms with Gasteiger partial charge >= 0.3 is 0 Å². The zero-order valence-corrected chi connectivity index (χ0v) is 15.3. The van der Waals surface area contributed by atoms with Crippen molar-refractivity contribution >= 4 is 21.6 Å². The van der Waals surface area contributed by atoms with E-state index in [2.05, 4.69) is 19.2 Å². The van der Waals surface area contributed by atoms with Crippen LogP contribution in [0.15, 0.2) is 24.3 Å². The van der Waals surface area contributed by atoms with Crippen LogP contribution in [0.25, 0.3) is 0 Å². The van der Waals surface area contributed by atoms with Gasteiger partial charge in [-0.1, -0.05) is 32.0 Å². The van der Waals surface area contributed by atoms with Crippen molar-refractivity contribution in [2.24, 2.45) is 5.92 Å². The molecule has 1 amide bonds. The second-order valence-electron chi connectivity index (χ2n) is 6.26. The number of aryl methyl sites for hydroxylation is 1. The fraction of sp³-hybridized carbons (Fsp3) is 0.588. The molecule has 0 heterocycles. The van der Waals surface area contributed by atoms with Crippen molar-refractivity contribution in [3.05, 3.63) is 29.8 Å². The lowest BCUT2D eigenvalue weighted by Crippen LogP contribution is -2.32. The standard InChI is InChI=1S/C17H28N2O3S/c1-14(2)11-12-18-17(20)10-7-13-19(23(4,21)22)16-9-6-5-8-15(16)3/h5-6,8-9,14H,7,10-13H2,1-4H3,(H,18,20). The highest BCUT2D eigenvalue weighted by molar-refractivity contribution is 7.92. The highest BCUT2D eigenvalue weighted by Crippen LogP contribution is 2.22. The van der Waals surface area contributed by atoms with E-state index in [4.69, 9.17) is 0 Å². The maximum Gasteiger partial charge on any atom is 0.232 e. The lowest BCUT2D eigenvalue weighted by Gasteiger charge is -2.24. The summed E-state index contributed by atoms with van der Waals surface area (Å²) in [5, 5.41) is 2.87.